The SMILES string of the molecule is O=C(O)CNC(=O)c1c(O)c2cc(Oc3ccccn3)cc(OCc3ccccc3)c2[nH]c1=O. The van der Waals surface area contributed by atoms with Crippen LogP contribution in [0.2, 0.25) is 0 Å². The van der Waals surface area contributed by atoms with E-state index in [1.54, 1.807) is 24.4 Å². The predicted octanol–water partition coefficient (Wildman–Crippen LogP) is 2.81. The highest BCUT2D eigenvalue weighted by atomic mass is 16.5. The van der Waals surface area contributed by atoms with Crippen molar-refractivity contribution in [3.63, 3.8) is 0 Å². The van der Waals surface area contributed by atoms with Crippen LogP contribution in [-0.2, 0) is 11.4 Å². The first kappa shape index (κ1) is 22.3. The van der Waals surface area contributed by atoms with Crippen molar-refractivity contribution in [2.24, 2.45) is 0 Å². The van der Waals surface area contributed by atoms with Crippen LogP contribution in [0.1, 0.15) is 15.9 Å². The summed E-state index contributed by atoms with van der Waals surface area (Å²) in [4.78, 5) is 42.4. The zero-order valence-electron chi connectivity index (χ0n) is 17.6. The maximum atomic E-state index is 12.6. The Morgan fingerprint density at radius 2 is 1.82 bits per heavy atom. The molecule has 0 spiro atoms. The van der Waals surface area contributed by atoms with E-state index in [9.17, 15) is 19.5 Å². The first-order valence-electron chi connectivity index (χ1n) is 10.1. The molecule has 10 heteroatoms. The maximum absolute atomic E-state index is 12.6. The van der Waals surface area contributed by atoms with Crippen molar-refractivity contribution in [2.45, 2.75) is 6.61 Å². The van der Waals surface area contributed by atoms with Gasteiger partial charge in [-0.3, -0.25) is 14.4 Å². The Bertz CT molecular complexity index is 1400. The highest BCUT2D eigenvalue weighted by Crippen LogP contribution is 2.37. The number of nitrogens with zero attached hydrogens (tertiary/aromatic N) is 1. The van der Waals surface area contributed by atoms with Crippen LogP contribution in [-0.4, -0.2) is 38.6 Å². The lowest BCUT2D eigenvalue weighted by molar-refractivity contribution is -0.135. The summed E-state index contributed by atoms with van der Waals surface area (Å²) in [5, 5.41) is 21.7. The zero-order valence-corrected chi connectivity index (χ0v) is 17.6. The van der Waals surface area contributed by atoms with Crippen LogP contribution in [0.4, 0.5) is 0 Å². The van der Waals surface area contributed by atoms with Crippen LogP contribution >= 0.6 is 0 Å². The number of aromatic amines is 1. The number of carbonyl (C=O) groups excluding carboxylic acids is 1. The molecule has 0 fully saturated rings. The summed E-state index contributed by atoms with van der Waals surface area (Å²) >= 11 is 0. The zero-order chi connectivity index (χ0) is 24.1. The van der Waals surface area contributed by atoms with Gasteiger partial charge in [-0.05, 0) is 17.7 Å². The Balaban J connectivity index is 1.80. The number of aromatic nitrogens is 2. The summed E-state index contributed by atoms with van der Waals surface area (Å²) in [6.45, 7) is -0.559. The molecule has 0 aliphatic carbocycles. The van der Waals surface area contributed by atoms with Crippen molar-refractivity contribution in [1.29, 1.82) is 0 Å². The van der Waals surface area contributed by atoms with Crippen molar-refractivity contribution >= 4 is 22.8 Å². The fraction of sp³-hybridized carbons (Fsp3) is 0.0833. The van der Waals surface area contributed by atoms with Crippen molar-refractivity contribution in [3.05, 3.63) is 88.3 Å². The number of H-pyrrole nitrogens is 1. The van der Waals surface area contributed by atoms with E-state index in [2.05, 4.69) is 15.3 Å². The Morgan fingerprint density at radius 1 is 1.06 bits per heavy atom. The molecule has 0 aliphatic rings. The van der Waals surface area contributed by atoms with Gasteiger partial charge in [-0.25, -0.2) is 4.98 Å². The molecule has 0 atom stereocenters. The van der Waals surface area contributed by atoms with Crippen LogP contribution in [0.3, 0.4) is 0 Å². The number of carbonyl (C=O) groups is 2. The van der Waals surface area contributed by atoms with Gasteiger partial charge >= 0.3 is 5.97 Å². The smallest absolute Gasteiger partial charge is 0.322 e. The number of amides is 1. The predicted molar refractivity (Wildman–Crippen MR) is 121 cm³/mol. The molecule has 0 saturated heterocycles. The van der Waals surface area contributed by atoms with Crippen molar-refractivity contribution in [2.75, 3.05) is 6.54 Å². The molecule has 0 unspecified atom stereocenters. The molecule has 2 heterocycles. The van der Waals surface area contributed by atoms with E-state index in [1.165, 1.54) is 12.1 Å². The van der Waals surface area contributed by atoms with E-state index >= 15 is 0 Å². The molecule has 4 rings (SSSR count). The second kappa shape index (κ2) is 9.74. The molecule has 4 N–H and O–H groups in total. The van der Waals surface area contributed by atoms with Crippen molar-refractivity contribution in [1.82, 2.24) is 15.3 Å². The summed E-state index contributed by atoms with van der Waals surface area (Å²) in [7, 11) is 0. The number of carboxylic acid groups (broad SMARTS) is 1. The van der Waals surface area contributed by atoms with Crippen LogP contribution < -0.4 is 20.3 Å². The van der Waals surface area contributed by atoms with Crippen LogP contribution in [0.25, 0.3) is 10.9 Å². The van der Waals surface area contributed by atoms with Gasteiger partial charge in [0.2, 0.25) is 5.88 Å². The third kappa shape index (κ3) is 4.96. The van der Waals surface area contributed by atoms with Gasteiger partial charge in [0.1, 0.15) is 36.0 Å². The molecule has 34 heavy (non-hydrogen) atoms. The molecule has 1 amide bonds. The van der Waals surface area contributed by atoms with Crippen molar-refractivity contribution < 1.29 is 29.3 Å². The van der Waals surface area contributed by atoms with Crippen LogP contribution in [0.5, 0.6) is 23.1 Å². The first-order chi connectivity index (χ1) is 16.4. The number of ether oxygens (including phenoxy) is 2. The molecule has 0 aliphatic heterocycles. The van der Waals surface area contributed by atoms with Gasteiger partial charge in [-0.2, -0.15) is 0 Å². The molecule has 4 aromatic rings. The minimum Gasteiger partial charge on any atom is -0.506 e. The van der Waals surface area contributed by atoms with E-state index < -0.39 is 35.3 Å². The quantitative estimate of drug-likeness (QED) is 0.313. The van der Waals surface area contributed by atoms with Crippen LogP contribution in [0, 0.1) is 0 Å². The van der Waals surface area contributed by atoms with E-state index in [0.29, 0.717) is 0 Å². The summed E-state index contributed by atoms with van der Waals surface area (Å²) < 4.78 is 11.7. The Labute approximate surface area is 192 Å². The lowest BCUT2D eigenvalue weighted by Crippen LogP contribution is -2.33. The average molecular weight is 461 g/mol. The molecule has 0 radical (unpaired) electrons. The molecule has 2 aromatic carbocycles. The highest BCUT2D eigenvalue weighted by molar-refractivity contribution is 6.04. The fourth-order valence-corrected chi connectivity index (χ4v) is 3.22. The van der Waals surface area contributed by atoms with Gasteiger partial charge in [0.15, 0.2) is 0 Å². The fourth-order valence-electron chi connectivity index (χ4n) is 3.22. The molecule has 0 saturated carbocycles. The lowest BCUT2D eigenvalue weighted by atomic mass is 10.1. The number of pyridine rings is 2. The van der Waals surface area contributed by atoms with Gasteiger partial charge in [0, 0.05) is 23.7 Å². The number of carboxylic acids is 1. The topological polar surface area (TPSA) is 151 Å². The summed E-state index contributed by atoms with van der Waals surface area (Å²) in [5.41, 5.74) is -0.530. The van der Waals surface area contributed by atoms with E-state index in [-0.39, 0.29) is 34.9 Å². The Morgan fingerprint density at radius 3 is 2.53 bits per heavy atom. The number of aliphatic carboxylic acids is 1. The second-order valence-electron chi connectivity index (χ2n) is 7.14. The third-order valence-corrected chi connectivity index (χ3v) is 4.76. The van der Waals surface area contributed by atoms with Gasteiger partial charge in [0.05, 0.1) is 5.52 Å². The van der Waals surface area contributed by atoms with Gasteiger partial charge in [-0.15, -0.1) is 0 Å². The number of fused-ring (bicyclic) bond motifs is 1. The lowest BCUT2D eigenvalue weighted by Gasteiger charge is -2.14. The van der Waals surface area contributed by atoms with Crippen LogP contribution in [0.15, 0.2) is 71.7 Å². The molecular weight excluding hydrogens is 442 g/mol. The minimum atomic E-state index is -1.30. The number of hydrogen-bond donors (Lipinski definition) is 4. The van der Waals surface area contributed by atoms with Crippen molar-refractivity contribution in [3.8, 4) is 23.1 Å². The Kier molecular flexibility index (Phi) is 6.40. The molecular formula is C24H19N3O7. The number of hydrogen-bond acceptors (Lipinski definition) is 7. The van der Waals surface area contributed by atoms with E-state index in [0.717, 1.165) is 5.56 Å². The van der Waals surface area contributed by atoms with E-state index in [1.807, 2.05) is 30.3 Å². The average Bonchev–Trinajstić information content (AvgIpc) is 2.83. The molecule has 0 bridgehead atoms. The summed E-state index contributed by atoms with van der Waals surface area (Å²) in [6, 6.07) is 17.3. The summed E-state index contributed by atoms with van der Waals surface area (Å²) in [5.74, 6) is -2.28. The van der Waals surface area contributed by atoms with Gasteiger partial charge in [0.25, 0.3) is 11.5 Å². The minimum absolute atomic E-state index is 0.0663. The second-order valence-corrected chi connectivity index (χ2v) is 7.14. The first-order valence-corrected chi connectivity index (χ1v) is 10.1. The normalized spacial score (nSPS) is 10.6. The number of nitrogens with one attached hydrogen (secondary N) is 2. The summed E-state index contributed by atoms with van der Waals surface area (Å²) in [6.07, 6.45) is 1.54. The molecule has 10 nitrogen and oxygen atoms in total. The van der Waals surface area contributed by atoms with Gasteiger partial charge < -0.3 is 30.0 Å². The largest absolute Gasteiger partial charge is 0.506 e. The van der Waals surface area contributed by atoms with E-state index in [4.69, 9.17) is 14.6 Å². The number of rotatable bonds is 8. The van der Waals surface area contributed by atoms with Gasteiger partial charge in [-0.1, -0.05) is 36.4 Å². The number of benzene rings is 2. The number of aromatic hydroxyl groups is 1. The highest BCUT2D eigenvalue weighted by Gasteiger charge is 2.22. The third-order valence-electron chi connectivity index (χ3n) is 4.76. The maximum Gasteiger partial charge on any atom is 0.322 e. The monoisotopic (exact) mass is 461 g/mol. The molecule has 2 aromatic heterocycles. The molecule has 172 valence electrons. The standard InChI is InChI=1S/C24H19N3O7/c28-19(29)12-26-23(31)20-22(30)16-10-15(34-18-8-4-5-9-25-18)11-17(21(16)27-24(20)32)33-13-14-6-2-1-3-7-14/h1-11H,12-13H2,(H,26,31)(H,28,29)(H2,27,30,32). The Hall–Kier alpha value is -4.86.